The number of quaternary nitrogens is 1. The lowest BCUT2D eigenvalue weighted by Gasteiger charge is -2.27. The lowest BCUT2D eigenvalue weighted by Crippen LogP contribution is -2.47. The van der Waals surface area contributed by atoms with Gasteiger partial charge in [-0.25, -0.2) is 4.57 Å². The molecule has 0 aromatic rings. The zero-order valence-electron chi connectivity index (χ0n) is 50.7. The second kappa shape index (κ2) is 56.2. The molecule has 10 heteroatoms. The minimum absolute atomic E-state index is 0.0310. The van der Waals surface area contributed by atoms with Crippen molar-refractivity contribution in [3.05, 3.63) is 97.2 Å². The molecular weight excluding hydrogens is 976 g/mol. The van der Waals surface area contributed by atoms with Gasteiger partial charge in [0.1, 0.15) is 19.3 Å². The van der Waals surface area contributed by atoms with E-state index in [9.17, 15) is 19.0 Å². The molecule has 0 radical (unpaired) electrons. The molecule has 0 heterocycles. The van der Waals surface area contributed by atoms with Crippen molar-refractivity contribution in [2.24, 2.45) is 0 Å². The van der Waals surface area contributed by atoms with Gasteiger partial charge in [-0.15, -0.1) is 0 Å². The van der Waals surface area contributed by atoms with E-state index in [0.29, 0.717) is 17.4 Å². The maximum atomic E-state index is 13.5. The van der Waals surface area contributed by atoms with Crippen molar-refractivity contribution >= 4 is 19.7 Å². The Morgan fingerprint density at radius 2 is 0.831 bits per heavy atom. The number of amides is 1. The Kier molecular flexibility index (Phi) is 54.0. The van der Waals surface area contributed by atoms with Crippen molar-refractivity contribution < 1.29 is 37.3 Å². The van der Waals surface area contributed by atoms with Crippen LogP contribution >= 0.6 is 7.82 Å². The summed E-state index contributed by atoms with van der Waals surface area (Å²) in [5, 5.41) is 3.04. The van der Waals surface area contributed by atoms with Gasteiger partial charge in [0, 0.05) is 12.8 Å². The highest BCUT2D eigenvalue weighted by molar-refractivity contribution is 7.47. The minimum atomic E-state index is -4.46. The third kappa shape index (κ3) is 57.4. The first kappa shape index (κ1) is 73.9. The Labute approximate surface area is 475 Å². The van der Waals surface area contributed by atoms with Crippen molar-refractivity contribution in [3.63, 3.8) is 0 Å². The van der Waals surface area contributed by atoms with Gasteiger partial charge in [0.2, 0.25) is 5.91 Å². The fraction of sp³-hybridized carbons (Fsp3) is 0.731. The van der Waals surface area contributed by atoms with Gasteiger partial charge in [0.15, 0.2) is 0 Å². The number of phosphoric ester groups is 1. The Morgan fingerprint density at radius 3 is 1.27 bits per heavy atom. The standard InChI is InChI=1S/C67H119N2O7P/c1-7-10-13-16-19-22-25-27-29-31-33-34-36-37-39-41-44-47-50-53-56-59-66(70)68-64(63-75-77(72,73)74-62-61-69(4,5)6)65(58-55-52-49-46-43-24-21-18-15-12-9-3)76-67(71)60-57-54-51-48-45-42-40-38-35-32-30-28-26-23-20-17-14-11-8-2/h10,13,19-20,22-23,27-30,33-34,37,39,55,58,64-65H,7-9,11-12,14-18,21,24-26,31-32,35-36,38,40-54,56-57,59-63H2,1-6H3,(H-,68,70,72,73)/p+1/b13-10-,22-19-,23-20-,29-27-,30-28-,34-33-,39-37-,58-55+. The van der Waals surface area contributed by atoms with Gasteiger partial charge in [-0.05, 0) is 109 Å². The molecular formula is C67H120N2O7P+. The molecule has 3 unspecified atom stereocenters. The zero-order chi connectivity index (χ0) is 56.4. The molecule has 0 fully saturated rings. The molecule has 3 atom stereocenters. The summed E-state index contributed by atoms with van der Waals surface area (Å²) in [5.74, 6) is -0.534. The Balaban J connectivity index is 5.25. The van der Waals surface area contributed by atoms with Crippen molar-refractivity contribution in [2.75, 3.05) is 40.9 Å². The number of nitrogens with zero attached hydrogens (tertiary/aromatic N) is 1. The molecule has 0 aliphatic carbocycles. The molecule has 1 amide bonds. The predicted octanol–water partition coefficient (Wildman–Crippen LogP) is 19.6. The average Bonchev–Trinajstić information content (AvgIpc) is 3.39. The van der Waals surface area contributed by atoms with Crippen LogP contribution in [0, 0.1) is 0 Å². The monoisotopic (exact) mass is 1100 g/mol. The normalized spacial score (nSPS) is 14.3. The number of ether oxygens (including phenoxy) is 1. The molecule has 0 aromatic heterocycles. The van der Waals surface area contributed by atoms with E-state index >= 15 is 0 Å². The highest BCUT2D eigenvalue weighted by Gasteiger charge is 2.30. The van der Waals surface area contributed by atoms with Crippen LogP contribution in [0.25, 0.3) is 0 Å². The summed E-state index contributed by atoms with van der Waals surface area (Å²) >= 11 is 0. The van der Waals surface area contributed by atoms with E-state index in [1.807, 2.05) is 33.3 Å². The number of carbonyl (C=O) groups is 2. The Bertz CT molecular complexity index is 1640. The third-order valence-electron chi connectivity index (χ3n) is 13.5. The topological polar surface area (TPSA) is 111 Å². The predicted molar refractivity (Wildman–Crippen MR) is 332 cm³/mol. The van der Waals surface area contributed by atoms with Crippen molar-refractivity contribution in [1.82, 2.24) is 5.32 Å². The zero-order valence-corrected chi connectivity index (χ0v) is 51.6. The quantitative estimate of drug-likeness (QED) is 0.0205. The number of hydrogen-bond acceptors (Lipinski definition) is 6. The van der Waals surface area contributed by atoms with Gasteiger partial charge in [-0.3, -0.25) is 18.6 Å². The molecule has 0 saturated heterocycles. The van der Waals surface area contributed by atoms with Crippen LogP contribution in [0.3, 0.4) is 0 Å². The van der Waals surface area contributed by atoms with Crippen LogP contribution in [0.5, 0.6) is 0 Å². The number of allylic oxidation sites excluding steroid dienone is 15. The second-order valence-corrected chi connectivity index (χ2v) is 23.6. The highest BCUT2D eigenvalue weighted by atomic mass is 31.2. The minimum Gasteiger partial charge on any atom is -0.456 e. The third-order valence-corrected chi connectivity index (χ3v) is 14.5. The summed E-state index contributed by atoms with van der Waals surface area (Å²) in [7, 11) is 1.47. The van der Waals surface area contributed by atoms with E-state index in [4.69, 9.17) is 13.8 Å². The molecule has 0 aromatic carbocycles. The molecule has 9 nitrogen and oxygen atoms in total. The molecule has 0 spiro atoms. The average molecular weight is 1100 g/mol. The van der Waals surface area contributed by atoms with Gasteiger partial charge < -0.3 is 19.4 Å². The van der Waals surface area contributed by atoms with Gasteiger partial charge in [0.25, 0.3) is 0 Å². The number of hydrogen-bond donors (Lipinski definition) is 2. The van der Waals surface area contributed by atoms with Gasteiger partial charge in [0.05, 0.1) is 33.8 Å². The number of carbonyl (C=O) groups excluding carboxylic acids is 2. The van der Waals surface area contributed by atoms with Gasteiger partial charge in [-0.2, -0.15) is 0 Å². The molecule has 77 heavy (non-hydrogen) atoms. The lowest BCUT2D eigenvalue weighted by atomic mass is 10.0. The first-order valence-electron chi connectivity index (χ1n) is 31.6. The maximum absolute atomic E-state index is 13.5. The first-order valence-corrected chi connectivity index (χ1v) is 33.1. The number of phosphoric acid groups is 1. The fourth-order valence-electron chi connectivity index (χ4n) is 8.64. The summed E-state index contributed by atoms with van der Waals surface area (Å²) < 4.78 is 30.7. The van der Waals surface area contributed by atoms with Crippen LogP contribution in [0.15, 0.2) is 97.2 Å². The van der Waals surface area contributed by atoms with Crippen molar-refractivity contribution in [1.29, 1.82) is 0 Å². The van der Waals surface area contributed by atoms with E-state index in [0.717, 1.165) is 122 Å². The molecule has 0 bridgehead atoms. The summed E-state index contributed by atoms with van der Waals surface area (Å²) in [5.41, 5.74) is 0. The smallest absolute Gasteiger partial charge is 0.456 e. The highest BCUT2D eigenvalue weighted by Crippen LogP contribution is 2.43. The Morgan fingerprint density at radius 1 is 0.468 bits per heavy atom. The number of nitrogens with one attached hydrogen (secondary N) is 1. The molecule has 2 N–H and O–H groups in total. The number of unbranched alkanes of at least 4 members (excludes halogenated alkanes) is 26. The fourth-order valence-corrected chi connectivity index (χ4v) is 9.38. The summed E-state index contributed by atoms with van der Waals surface area (Å²) in [4.78, 5) is 37.7. The second-order valence-electron chi connectivity index (χ2n) is 22.2. The summed E-state index contributed by atoms with van der Waals surface area (Å²) in [6.45, 7) is 6.85. The van der Waals surface area contributed by atoms with Crippen LogP contribution < -0.4 is 5.32 Å². The van der Waals surface area contributed by atoms with Crippen molar-refractivity contribution in [3.8, 4) is 0 Å². The van der Waals surface area contributed by atoms with Gasteiger partial charge >= 0.3 is 13.8 Å². The van der Waals surface area contributed by atoms with Crippen LogP contribution in [0.2, 0.25) is 0 Å². The molecule has 0 rings (SSSR count). The van der Waals surface area contributed by atoms with E-state index in [1.54, 1.807) is 0 Å². The molecule has 0 saturated carbocycles. The van der Waals surface area contributed by atoms with Crippen molar-refractivity contribution in [2.45, 2.75) is 277 Å². The van der Waals surface area contributed by atoms with Gasteiger partial charge in [-0.1, -0.05) is 240 Å². The Hall–Kier alpha value is -3.07. The number of likely N-dealkylation sites (N-methyl/N-ethyl adjacent to an activating group) is 1. The molecule has 0 aliphatic rings. The van der Waals surface area contributed by atoms with Crippen LogP contribution in [-0.4, -0.2) is 74.3 Å². The SMILES string of the molecule is CC/C=C\C/C=C\C/C=C\C/C=C\C/C=C\CCCCCCCC(=O)NC(COP(=O)(O)OCC[N+](C)(C)C)C(/C=C/CCCCCCCCCCC)OC(=O)CCCCCCCCCCC/C=C\C/C=C\CCCCC. The summed E-state index contributed by atoms with van der Waals surface area (Å²) in [6, 6.07) is -0.866. The van der Waals surface area contributed by atoms with E-state index in [1.165, 1.54) is 109 Å². The van der Waals surface area contributed by atoms with E-state index in [-0.39, 0.29) is 31.5 Å². The summed E-state index contributed by atoms with van der Waals surface area (Å²) in [6.07, 6.45) is 75.4. The lowest BCUT2D eigenvalue weighted by molar-refractivity contribution is -0.870. The van der Waals surface area contributed by atoms with Crippen LogP contribution in [0.4, 0.5) is 0 Å². The number of rotatable bonds is 56. The van der Waals surface area contributed by atoms with E-state index < -0.39 is 20.0 Å². The number of esters is 1. The largest absolute Gasteiger partial charge is 0.472 e. The van der Waals surface area contributed by atoms with Crippen LogP contribution in [-0.2, 0) is 27.9 Å². The van der Waals surface area contributed by atoms with E-state index in [2.05, 4.69) is 111 Å². The maximum Gasteiger partial charge on any atom is 0.472 e. The first-order chi connectivity index (χ1) is 37.4. The van der Waals surface area contributed by atoms with Crippen LogP contribution in [0.1, 0.15) is 265 Å². The molecule has 444 valence electrons. The molecule has 0 aliphatic heterocycles.